The standard InChI is InChI=1S/C9H17NO3/c1-2-8-7-10(5-6-13-8)4-3-9(11)12/h8H,2-7H2,1H3,(H,11,12). The van der Waals surface area contributed by atoms with Crippen LogP contribution in [-0.4, -0.2) is 48.3 Å². The molecule has 1 aliphatic rings. The van der Waals surface area contributed by atoms with Crippen molar-refractivity contribution in [3.8, 4) is 0 Å². The molecule has 1 heterocycles. The number of carboxylic acids is 1. The lowest BCUT2D eigenvalue weighted by Crippen LogP contribution is -2.42. The van der Waals surface area contributed by atoms with E-state index in [2.05, 4.69) is 11.8 Å². The molecule has 1 N–H and O–H groups in total. The van der Waals surface area contributed by atoms with E-state index in [1.54, 1.807) is 0 Å². The molecule has 0 radical (unpaired) electrons. The second kappa shape index (κ2) is 5.19. The number of aliphatic carboxylic acids is 1. The third-order valence-corrected chi connectivity index (χ3v) is 2.32. The normalized spacial score (nSPS) is 24.5. The first-order valence-corrected chi connectivity index (χ1v) is 4.78. The van der Waals surface area contributed by atoms with Crippen LogP contribution in [0.25, 0.3) is 0 Å². The van der Waals surface area contributed by atoms with Gasteiger partial charge in [-0.05, 0) is 6.42 Å². The Bertz CT molecular complexity index is 172. The van der Waals surface area contributed by atoms with Crippen molar-refractivity contribution in [2.75, 3.05) is 26.2 Å². The Kier molecular flexibility index (Phi) is 4.18. The molecule has 0 aromatic heterocycles. The zero-order valence-corrected chi connectivity index (χ0v) is 8.03. The van der Waals surface area contributed by atoms with Crippen molar-refractivity contribution in [3.05, 3.63) is 0 Å². The van der Waals surface area contributed by atoms with Gasteiger partial charge in [0.1, 0.15) is 0 Å². The third-order valence-electron chi connectivity index (χ3n) is 2.32. The molecule has 0 amide bonds. The van der Waals surface area contributed by atoms with Gasteiger partial charge in [0.25, 0.3) is 0 Å². The number of hydrogen-bond donors (Lipinski definition) is 1. The van der Waals surface area contributed by atoms with Crippen molar-refractivity contribution < 1.29 is 14.6 Å². The van der Waals surface area contributed by atoms with Gasteiger partial charge in [0, 0.05) is 19.6 Å². The van der Waals surface area contributed by atoms with E-state index in [4.69, 9.17) is 9.84 Å². The second-order valence-electron chi connectivity index (χ2n) is 3.35. The molecule has 1 fully saturated rings. The lowest BCUT2D eigenvalue weighted by Gasteiger charge is -2.31. The van der Waals surface area contributed by atoms with E-state index in [9.17, 15) is 4.79 Å². The SMILES string of the molecule is CCC1CN(CCC(=O)O)CCO1. The largest absolute Gasteiger partial charge is 0.481 e. The van der Waals surface area contributed by atoms with Crippen LogP contribution in [0.5, 0.6) is 0 Å². The third kappa shape index (κ3) is 3.74. The second-order valence-corrected chi connectivity index (χ2v) is 3.35. The van der Waals surface area contributed by atoms with E-state index in [0.717, 1.165) is 26.1 Å². The fourth-order valence-electron chi connectivity index (χ4n) is 1.48. The Morgan fingerprint density at radius 1 is 1.69 bits per heavy atom. The summed E-state index contributed by atoms with van der Waals surface area (Å²) in [5.74, 6) is -0.723. The van der Waals surface area contributed by atoms with Crippen molar-refractivity contribution in [1.29, 1.82) is 0 Å². The predicted octanol–water partition coefficient (Wildman–Crippen LogP) is 0.572. The van der Waals surface area contributed by atoms with Gasteiger partial charge >= 0.3 is 5.97 Å². The van der Waals surface area contributed by atoms with E-state index >= 15 is 0 Å². The van der Waals surface area contributed by atoms with Crippen LogP contribution in [0.2, 0.25) is 0 Å². The molecule has 0 saturated carbocycles. The van der Waals surface area contributed by atoms with Gasteiger partial charge in [-0.1, -0.05) is 6.92 Å². The molecule has 4 nitrogen and oxygen atoms in total. The minimum atomic E-state index is -0.723. The Hall–Kier alpha value is -0.610. The molecule has 0 spiro atoms. The summed E-state index contributed by atoms with van der Waals surface area (Å²) in [5, 5.41) is 8.51. The highest BCUT2D eigenvalue weighted by Crippen LogP contribution is 2.08. The molecule has 1 atom stereocenters. The van der Waals surface area contributed by atoms with Gasteiger partial charge in [0.2, 0.25) is 0 Å². The summed E-state index contributed by atoms with van der Waals surface area (Å²) < 4.78 is 5.48. The lowest BCUT2D eigenvalue weighted by molar-refractivity contribution is -0.137. The van der Waals surface area contributed by atoms with Crippen LogP contribution in [-0.2, 0) is 9.53 Å². The summed E-state index contributed by atoms with van der Waals surface area (Å²) >= 11 is 0. The van der Waals surface area contributed by atoms with Gasteiger partial charge in [0.05, 0.1) is 19.1 Å². The van der Waals surface area contributed by atoms with Crippen molar-refractivity contribution in [1.82, 2.24) is 4.90 Å². The molecule has 0 aromatic rings. The molecular weight excluding hydrogens is 170 g/mol. The zero-order chi connectivity index (χ0) is 9.68. The molecule has 76 valence electrons. The van der Waals surface area contributed by atoms with Gasteiger partial charge in [-0.3, -0.25) is 9.69 Å². The first kappa shape index (κ1) is 10.5. The highest BCUT2D eigenvalue weighted by Gasteiger charge is 2.18. The average Bonchev–Trinajstić information content (AvgIpc) is 2.15. The monoisotopic (exact) mass is 187 g/mol. The van der Waals surface area contributed by atoms with Gasteiger partial charge < -0.3 is 9.84 Å². The maximum absolute atomic E-state index is 10.3. The van der Waals surface area contributed by atoms with Crippen LogP contribution < -0.4 is 0 Å². The molecule has 1 saturated heterocycles. The van der Waals surface area contributed by atoms with Crippen LogP contribution in [0.15, 0.2) is 0 Å². The van der Waals surface area contributed by atoms with Crippen molar-refractivity contribution in [2.45, 2.75) is 25.9 Å². The minimum absolute atomic E-state index is 0.233. The Morgan fingerprint density at radius 2 is 2.46 bits per heavy atom. The number of ether oxygens (including phenoxy) is 1. The van der Waals surface area contributed by atoms with Gasteiger partial charge in [-0.2, -0.15) is 0 Å². The number of carboxylic acid groups (broad SMARTS) is 1. The summed E-state index contributed by atoms with van der Waals surface area (Å²) in [6.45, 7) is 5.21. The number of hydrogen-bond acceptors (Lipinski definition) is 3. The summed E-state index contributed by atoms with van der Waals surface area (Å²) in [4.78, 5) is 12.5. The van der Waals surface area contributed by atoms with Crippen LogP contribution >= 0.6 is 0 Å². The average molecular weight is 187 g/mol. The Morgan fingerprint density at radius 3 is 3.08 bits per heavy atom. The molecular formula is C9H17NO3. The van der Waals surface area contributed by atoms with Crippen LogP contribution in [0.1, 0.15) is 19.8 Å². The molecule has 0 aliphatic carbocycles. The van der Waals surface area contributed by atoms with E-state index in [1.165, 1.54) is 0 Å². The predicted molar refractivity (Wildman–Crippen MR) is 48.7 cm³/mol. The van der Waals surface area contributed by atoms with Gasteiger partial charge in [-0.15, -0.1) is 0 Å². The van der Waals surface area contributed by atoms with E-state index in [0.29, 0.717) is 12.6 Å². The first-order valence-electron chi connectivity index (χ1n) is 4.78. The van der Waals surface area contributed by atoms with Crippen molar-refractivity contribution in [2.24, 2.45) is 0 Å². The molecule has 0 bridgehead atoms. The molecule has 1 aliphatic heterocycles. The van der Waals surface area contributed by atoms with Crippen LogP contribution in [0.4, 0.5) is 0 Å². The quantitative estimate of drug-likeness (QED) is 0.699. The van der Waals surface area contributed by atoms with Crippen LogP contribution in [0, 0.1) is 0 Å². The maximum Gasteiger partial charge on any atom is 0.304 e. The molecule has 1 unspecified atom stereocenters. The lowest BCUT2D eigenvalue weighted by atomic mass is 10.2. The van der Waals surface area contributed by atoms with Gasteiger partial charge in [-0.25, -0.2) is 0 Å². The van der Waals surface area contributed by atoms with Crippen molar-refractivity contribution >= 4 is 5.97 Å². The molecule has 13 heavy (non-hydrogen) atoms. The zero-order valence-electron chi connectivity index (χ0n) is 8.03. The smallest absolute Gasteiger partial charge is 0.304 e. The first-order chi connectivity index (χ1) is 6.22. The van der Waals surface area contributed by atoms with E-state index < -0.39 is 5.97 Å². The van der Waals surface area contributed by atoms with Crippen molar-refractivity contribution in [3.63, 3.8) is 0 Å². The Balaban J connectivity index is 2.21. The summed E-state index contributed by atoms with van der Waals surface area (Å²) in [6, 6.07) is 0. The summed E-state index contributed by atoms with van der Waals surface area (Å²) in [7, 11) is 0. The van der Waals surface area contributed by atoms with E-state index in [1.807, 2.05) is 0 Å². The fraction of sp³-hybridized carbons (Fsp3) is 0.889. The fourth-order valence-corrected chi connectivity index (χ4v) is 1.48. The Labute approximate surface area is 78.5 Å². The molecule has 0 aromatic carbocycles. The topological polar surface area (TPSA) is 49.8 Å². The van der Waals surface area contributed by atoms with Gasteiger partial charge in [0.15, 0.2) is 0 Å². The number of morpholine rings is 1. The molecule has 1 rings (SSSR count). The number of rotatable bonds is 4. The highest BCUT2D eigenvalue weighted by molar-refractivity contribution is 5.66. The van der Waals surface area contributed by atoms with E-state index in [-0.39, 0.29) is 6.42 Å². The molecule has 4 heteroatoms. The number of carbonyl (C=O) groups is 1. The maximum atomic E-state index is 10.3. The minimum Gasteiger partial charge on any atom is -0.481 e. The summed E-state index contributed by atoms with van der Waals surface area (Å²) in [6.07, 6.45) is 1.53. The van der Waals surface area contributed by atoms with Crippen LogP contribution in [0.3, 0.4) is 0 Å². The summed E-state index contributed by atoms with van der Waals surface area (Å²) in [5.41, 5.74) is 0. The number of nitrogens with zero attached hydrogens (tertiary/aromatic N) is 1. The highest BCUT2D eigenvalue weighted by atomic mass is 16.5.